The summed E-state index contributed by atoms with van der Waals surface area (Å²) in [4.78, 5) is 33.4. The van der Waals surface area contributed by atoms with E-state index in [2.05, 4.69) is 0 Å². The molecule has 0 atom stereocenters. The van der Waals surface area contributed by atoms with Crippen LogP contribution in [0, 0.1) is 0 Å². The second-order valence-corrected chi connectivity index (χ2v) is 2.26. The third-order valence-corrected chi connectivity index (χ3v) is 1.50. The topological polar surface area (TPSA) is 76.9 Å². The van der Waals surface area contributed by atoms with E-state index in [0.717, 1.165) is 0 Å². The van der Waals surface area contributed by atoms with E-state index in [0.29, 0.717) is 0 Å². The first-order valence-electron chi connectivity index (χ1n) is 2.34. The molecule has 6 nitrogen and oxygen atoms in total. The largest absolute Gasteiger partial charge is 0.366 e. The fourth-order valence-corrected chi connectivity index (χ4v) is 0.715. The van der Waals surface area contributed by atoms with Crippen molar-refractivity contribution in [1.82, 2.24) is 13.2 Å². The summed E-state index contributed by atoms with van der Waals surface area (Å²) < 4.78 is 0.322. The molecule has 0 bridgehead atoms. The molecule has 10 heteroatoms. The number of nitrogens with one attached hydrogen (secondary N) is 1. The molecule has 1 N–H and O–H groups in total. The molecule has 62 valence electrons. The Morgan fingerprint density at radius 3 is 1.54 bits per heavy atom. The van der Waals surface area contributed by atoms with E-state index >= 15 is 0 Å². The van der Waals surface area contributed by atoms with Gasteiger partial charge in [-0.3, -0.25) is 4.98 Å². The number of aromatic nitrogens is 3. The molecule has 0 aliphatic rings. The predicted octanol–water partition coefficient (Wildman–Crippen LogP) is -2.06. The minimum absolute atomic E-state index is 0. The van der Waals surface area contributed by atoms with Crippen LogP contribution < -0.4 is 17.1 Å². The molecule has 0 spiro atoms. The maximum absolute atomic E-state index is 10.7. The molecular weight excluding hydrogens is 243 g/mol. The number of hydrogen-bond acceptors (Lipinski definition) is 3. The van der Waals surface area contributed by atoms with Gasteiger partial charge in [-0.1, -0.05) is 0 Å². The Labute approximate surface area is 126 Å². The second-order valence-electron chi connectivity index (χ2n) is 1.58. The number of halogens is 2. The van der Waals surface area contributed by atoms with Gasteiger partial charge in [0.05, 0.1) is 0 Å². The molecule has 0 saturated heterocycles. The van der Waals surface area contributed by atoms with E-state index in [-0.39, 0.29) is 67.3 Å². The van der Waals surface area contributed by atoms with Crippen molar-refractivity contribution in [2.24, 2.45) is 0 Å². The van der Waals surface area contributed by atoms with Crippen LogP contribution in [-0.4, -0.2) is 72.3 Å². The quantitative estimate of drug-likeness (QED) is 0.533. The Morgan fingerprint density at radius 1 is 0.923 bits per heavy atom. The Balaban J connectivity index is 0. The van der Waals surface area contributed by atoms with Crippen LogP contribution in [0.3, 0.4) is 0 Å². The first-order chi connectivity index (χ1) is 5.04. The van der Waals surface area contributed by atoms with Gasteiger partial charge in [-0.05, 0) is 0 Å². The molecule has 1 aromatic heterocycles. The molecule has 0 saturated carbocycles. The second kappa shape index (κ2) is 6.47. The van der Waals surface area contributed by atoms with Crippen molar-refractivity contribution in [3.63, 3.8) is 0 Å². The van der Waals surface area contributed by atoms with Crippen LogP contribution in [0.5, 0.6) is 0 Å². The summed E-state index contributed by atoms with van der Waals surface area (Å²) in [5.74, 6) is 0. The Hall–Kier alpha value is 0.990. The minimum Gasteiger partial charge on any atom is -0.257 e. The normalized spacial score (nSPS) is 8.46. The fraction of sp³-hybridized carbons (Fsp3) is 0. The molecule has 0 unspecified atom stereocenters. The van der Waals surface area contributed by atoms with Gasteiger partial charge < -0.3 is 0 Å². The van der Waals surface area contributed by atoms with Crippen molar-refractivity contribution in [3.8, 4) is 0 Å². The summed E-state index contributed by atoms with van der Waals surface area (Å²) in [5.41, 5.74) is -3.13. The van der Waals surface area contributed by atoms with Gasteiger partial charge in [0, 0.05) is 82.7 Å². The van der Waals surface area contributed by atoms with Crippen LogP contribution in [0.4, 0.5) is 0 Å². The van der Waals surface area contributed by atoms with Gasteiger partial charge in [-0.25, -0.2) is 14.4 Å². The number of H-pyrrole nitrogens is 1. The number of aromatic amines is 1. The van der Waals surface area contributed by atoms with E-state index in [1.165, 1.54) is 0 Å². The van der Waals surface area contributed by atoms with Gasteiger partial charge in [-0.2, -0.15) is 0 Å². The van der Waals surface area contributed by atoms with Crippen LogP contribution in [0.15, 0.2) is 14.4 Å². The van der Waals surface area contributed by atoms with Crippen molar-refractivity contribution >= 4 is 82.7 Å². The van der Waals surface area contributed by atoms with Crippen molar-refractivity contribution in [3.05, 3.63) is 31.5 Å². The van der Waals surface area contributed by atoms with Gasteiger partial charge in [0.25, 0.3) is 0 Å². The van der Waals surface area contributed by atoms with Crippen LogP contribution >= 0.6 is 23.6 Å². The van der Waals surface area contributed by atoms with Crippen LogP contribution in [0.2, 0.25) is 0 Å². The number of nitrogens with zero attached hydrogens (tertiary/aromatic N) is 2. The minimum atomic E-state index is -1.10. The van der Waals surface area contributed by atoms with E-state index in [1.807, 2.05) is 0 Å². The average molecular weight is 244 g/mol. The van der Waals surface area contributed by atoms with Gasteiger partial charge in [0.2, 0.25) is 0 Å². The van der Waals surface area contributed by atoms with E-state index in [1.54, 1.807) is 4.98 Å². The summed E-state index contributed by atoms with van der Waals surface area (Å²) in [6.45, 7) is 0. The molecule has 13 heavy (non-hydrogen) atoms. The van der Waals surface area contributed by atoms with E-state index in [9.17, 15) is 14.4 Å². The first-order valence-corrected chi connectivity index (χ1v) is 3.02. The molecule has 0 aliphatic heterocycles. The zero-order valence-electron chi connectivity index (χ0n) is 6.88. The predicted molar refractivity (Wildman–Crippen MR) is 49.6 cm³/mol. The van der Waals surface area contributed by atoms with Gasteiger partial charge in [-0.15, -0.1) is 8.17 Å². The Kier molecular flexibility index (Phi) is 8.17. The number of hydrogen-bond donors (Lipinski definition) is 1. The van der Waals surface area contributed by atoms with Gasteiger partial charge in [0.15, 0.2) is 0 Å². The summed E-state index contributed by atoms with van der Waals surface area (Å²) >= 11 is 10.1. The molecule has 1 rings (SSSR count). The summed E-state index contributed by atoms with van der Waals surface area (Å²) in [7, 11) is 0. The summed E-state index contributed by atoms with van der Waals surface area (Å²) in [5, 5.41) is 0. The molecular formula is C3HCl2N3Na2O3. The molecule has 0 fully saturated rings. The van der Waals surface area contributed by atoms with Gasteiger partial charge >= 0.3 is 17.1 Å². The summed E-state index contributed by atoms with van der Waals surface area (Å²) in [6, 6.07) is 0. The number of rotatable bonds is 0. The fourth-order valence-electron chi connectivity index (χ4n) is 0.440. The third-order valence-electron chi connectivity index (χ3n) is 0.906. The average Bonchev–Trinajstić information content (AvgIpc) is 1.97. The Bertz CT molecular complexity index is 411. The first kappa shape index (κ1) is 16.4. The van der Waals surface area contributed by atoms with E-state index < -0.39 is 17.1 Å². The van der Waals surface area contributed by atoms with Crippen LogP contribution in [-0.2, 0) is 0 Å². The van der Waals surface area contributed by atoms with E-state index in [4.69, 9.17) is 23.6 Å². The van der Waals surface area contributed by atoms with Crippen molar-refractivity contribution < 1.29 is 0 Å². The molecule has 0 aromatic carbocycles. The zero-order valence-corrected chi connectivity index (χ0v) is 12.4. The SMILES string of the molecule is O=c1[nH]c(=O)n(Cl)c(=O)n1Cl.[Na].[Na]. The van der Waals surface area contributed by atoms with Gasteiger partial charge in [0.1, 0.15) is 0 Å². The van der Waals surface area contributed by atoms with Crippen molar-refractivity contribution in [2.45, 2.75) is 0 Å². The third kappa shape index (κ3) is 3.56. The molecule has 1 heterocycles. The van der Waals surface area contributed by atoms with Crippen LogP contribution in [0.25, 0.3) is 0 Å². The maximum atomic E-state index is 10.7. The summed E-state index contributed by atoms with van der Waals surface area (Å²) in [6.07, 6.45) is 0. The zero-order chi connectivity index (χ0) is 8.59. The molecule has 2 radical (unpaired) electrons. The van der Waals surface area contributed by atoms with Crippen LogP contribution in [0.1, 0.15) is 0 Å². The van der Waals surface area contributed by atoms with Crippen molar-refractivity contribution in [1.29, 1.82) is 0 Å². The Morgan fingerprint density at radius 2 is 1.23 bits per heavy atom. The molecule has 1 aromatic rings. The maximum Gasteiger partial charge on any atom is 0.366 e. The molecule has 0 aliphatic carbocycles. The smallest absolute Gasteiger partial charge is 0.257 e. The van der Waals surface area contributed by atoms with Crippen molar-refractivity contribution in [2.75, 3.05) is 0 Å². The monoisotopic (exact) mass is 243 g/mol. The molecule has 0 amide bonds. The standard InChI is InChI=1S/C3HCl2N3O3.2Na/c4-7-1(9)6-2(10)8(5)3(7)11;;/h(H,6,9,10);;.